The Labute approximate surface area is 112 Å². The van der Waals surface area contributed by atoms with Crippen LogP contribution in [0.1, 0.15) is 16.0 Å². The molecule has 3 aromatic rings. The van der Waals surface area contributed by atoms with E-state index in [0.29, 0.717) is 0 Å². The Morgan fingerprint density at radius 2 is 1.61 bits per heavy atom. The molecule has 0 saturated carbocycles. The molecule has 0 saturated heterocycles. The van der Waals surface area contributed by atoms with Crippen molar-refractivity contribution < 1.29 is 0 Å². The minimum Gasteiger partial charge on any atom is -0.306 e. The summed E-state index contributed by atoms with van der Waals surface area (Å²) in [7, 11) is 0. The summed E-state index contributed by atoms with van der Waals surface area (Å²) in [6.45, 7) is 0. The van der Waals surface area contributed by atoms with Gasteiger partial charge in [0.1, 0.15) is 0 Å². The molecule has 4 heteroatoms. The minimum atomic E-state index is -0.173. The number of H-pyrrole nitrogens is 2. The maximum absolute atomic E-state index is 11.2. The molecule has 0 bridgehead atoms. The van der Waals surface area contributed by atoms with Crippen LogP contribution in [0.4, 0.5) is 0 Å². The second kappa shape index (κ2) is 4.46. The average molecular weight is 303 g/mol. The number of hydrogen-bond donors (Lipinski definition) is 2. The third kappa shape index (κ3) is 1.99. The van der Waals surface area contributed by atoms with E-state index >= 15 is 0 Å². The van der Waals surface area contributed by atoms with Gasteiger partial charge in [-0.25, -0.2) is 4.79 Å². The van der Waals surface area contributed by atoms with Crippen LogP contribution in [0.25, 0.3) is 11.0 Å². The maximum Gasteiger partial charge on any atom is 0.323 e. The Morgan fingerprint density at radius 1 is 0.889 bits per heavy atom. The van der Waals surface area contributed by atoms with E-state index in [9.17, 15) is 4.79 Å². The minimum absolute atomic E-state index is 0.126. The van der Waals surface area contributed by atoms with Gasteiger partial charge < -0.3 is 9.97 Å². The van der Waals surface area contributed by atoms with E-state index in [1.165, 1.54) is 5.56 Å². The number of benzene rings is 2. The van der Waals surface area contributed by atoms with Crippen molar-refractivity contribution in [1.82, 2.24) is 9.97 Å². The van der Waals surface area contributed by atoms with Crippen molar-refractivity contribution >= 4 is 27.0 Å². The zero-order chi connectivity index (χ0) is 12.5. The molecule has 2 aromatic carbocycles. The highest BCUT2D eigenvalue weighted by Gasteiger charge is 2.10. The molecule has 3 nitrogen and oxygen atoms in total. The number of rotatable bonds is 2. The quantitative estimate of drug-likeness (QED) is 0.701. The van der Waals surface area contributed by atoms with Crippen molar-refractivity contribution in [2.75, 3.05) is 0 Å². The molecule has 0 aliphatic rings. The predicted molar refractivity (Wildman–Crippen MR) is 76.1 cm³/mol. The largest absolute Gasteiger partial charge is 0.323 e. The first-order valence-electron chi connectivity index (χ1n) is 5.65. The van der Waals surface area contributed by atoms with Gasteiger partial charge in [0.05, 0.1) is 15.9 Å². The van der Waals surface area contributed by atoms with Crippen LogP contribution in [0.3, 0.4) is 0 Å². The molecule has 18 heavy (non-hydrogen) atoms. The van der Waals surface area contributed by atoms with E-state index in [1.54, 1.807) is 0 Å². The topological polar surface area (TPSA) is 48.6 Å². The average Bonchev–Trinajstić information content (AvgIpc) is 2.78. The lowest BCUT2D eigenvalue weighted by molar-refractivity contribution is 1.18. The zero-order valence-corrected chi connectivity index (χ0v) is 11.1. The molecule has 0 amide bonds. The summed E-state index contributed by atoms with van der Waals surface area (Å²) in [4.78, 5) is 16.9. The first-order valence-corrected chi connectivity index (χ1v) is 6.56. The number of aromatic nitrogens is 2. The second-order valence-electron chi connectivity index (χ2n) is 4.16. The van der Waals surface area contributed by atoms with Gasteiger partial charge in [-0.3, -0.25) is 0 Å². The number of halogens is 1. The van der Waals surface area contributed by atoms with Gasteiger partial charge in [-0.2, -0.15) is 0 Å². The lowest BCUT2D eigenvalue weighted by Crippen LogP contribution is -1.99. The molecular formula is C14H11BrN2O. The molecule has 0 spiro atoms. The lowest BCUT2D eigenvalue weighted by atomic mass is 10.0. The predicted octanol–water partition coefficient (Wildman–Crippen LogP) is 3.34. The Hall–Kier alpha value is -1.81. The fourth-order valence-electron chi connectivity index (χ4n) is 2.02. The maximum atomic E-state index is 11.2. The van der Waals surface area contributed by atoms with Crippen molar-refractivity contribution in [3.8, 4) is 0 Å². The van der Waals surface area contributed by atoms with Gasteiger partial charge in [-0.05, 0) is 23.3 Å². The number of aromatic amines is 2. The summed E-state index contributed by atoms with van der Waals surface area (Å²) in [5.74, 6) is 0. The van der Waals surface area contributed by atoms with Crippen LogP contribution in [-0.2, 0) is 0 Å². The third-order valence-electron chi connectivity index (χ3n) is 2.92. The second-order valence-corrected chi connectivity index (χ2v) is 5.07. The Morgan fingerprint density at radius 3 is 2.39 bits per heavy atom. The van der Waals surface area contributed by atoms with Crippen molar-refractivity contribution in [2.45, 2.75) is 4.83 Å². The molecule has 0 radical (unpaired) electrons. The molecule has 1 aromatic heterocycles. The van der Waals surface area contributed by atoms with E-state index in [0.717, 1.165) is 16.6 Å². The molecule has 0 aliphatic heterocycles. The van der Waals surface area contributed by atoms with Crippen LogP contribution in [0, 0.1) is 0 Å². The van der Waals surface area contributed by atoms with Gasteiger partial charge in [0.25, 0.3) is 0 Å². The van der Waals surface area contributed by atoms with Crippen molar-refractivity contribution in [1.29, 1.82) is 0 Å². The molecule has 3 rings (SSSR count). The lowest BCUT2D eigenvalue weighted by Gasteiger charge is -2.10. The van der Waals surface area contributed by atoms with E-state index in [4.69, 9.17) is 0 Å². The molecule has 1 unspecified atom stereocenters. The highest BCUT2D eigenvalue weighted by atomic mass is 79.9. The highest BCUT2D eigenvalue weighted by Crippen LogP contribution is 2.31. The van der Waals surface area contributed by atoms with Crippen LogP contribution in [0.2, 0.25) is 0 Å². The van der Waals surface area contributed by atoms with Crippen molar-refractivity contribution in [3.63, 3.8) is 0 Å². The van der Waals surface area contributed by atoms with Gasteiger partial charge in [-0.1, -0.05) is 52.3 Å². The van der Waals surface area contributed by atoms with E-state index in [2.05, 4.69) is 38.0 Å². The monoisotopic (exact) mass is 302 g/mol. The summed E-state index contributed by atoms with van der Waals surface area (Å²) in [6, 6.07) is 16.1. The zero-order valence-electron chi connectivity index (χ0n) is 9.48. The Bertz CT molecular complexity index is 730. The summed E-state index contributed by atoms with van der Waals surface area (Å²) < 4.78 is 0. The number of fused-ring (bicyclic) bond motifs is 1. The van der Waals surface area contributed by atoms with Crippen molar-refractivity contribution in [3.05, 3.63) is 70.1 Å². The number of hydrogen-bond acceptors (Lipinski definition) is 1. The van der Waals surface area contributed by atoms with E-state index in [-0.39, 0.29) is 10.5 Å². The molecule has 1 heterocycles. The standard InChI is InChI=1S/C14H11BrN2O/c15-13(9-4-2-1-3-5-9)10-6-7-11-12(8-10)17-14(18)16-11/h1-8,13H,(H2,16,17,18). The normalized spacial score (nSPS) is 12.7. The summed E-state index contributed by atoms with van der Waals surface area (Å²) >= 11 is 3.68. The van der Waals surface area contributed by atoms with E-state index < -0.39 is 0 Å². The van der Waals surface area contributed by atoms with Gasteiger partial charge in [0.2, 0.25) is 0 Å². The Balaban J connectivity index is 2.06. The summed E-state index contributed by atoms with van der Waals surface area (Å²) in [6.07, 6.45) is 0. The van der Waals surface area contributed by atoms with Gasteiger partial charge in [0.15, 0.2) is 0 Å². The third-order valence-corrected chi connectivity index (χ3v) is 3.98. The number of nitrogens with one attached hydrogen (secondary N) is 2. The van der Waals surface area contributed by atoms with Gasteiger partial charge in [0, 0.05) is 0 Å². The smallest absolute Gasteiger partial charge is 0.306 e. The van der Waals surface area contributed by atoms with E-state index in [1.807, 2.05) is 36.4 Å². The fourth-order valence-corrected chi connectivity index (χ4v) is 2.61. The highest BCUT2D eigenvalue weighted by molar-refractivity contribution is 9.09. The van der Waals surface area contributed by atoms with Crippen LogP contribution < -0.4 is 5.69 Å². The van der Waals surface area contributed by atoms with Crippen LogP contribution in [0.5, 0.6) is 0 Å². The van der Waals surface area contributed by atoms with Crippen LogP contribution in [-0.4, -0.2) is 9.97 Å². The molecule has 0 aliphatic carbocycles. The molecule has 0 fully saturated rings. The molecule has 1 atom stereocenters. The first-order chi connectivity index (χ1) is 8.74. The Kier molecular flexibility index (Phi) is 2.80. The first kappa shape index (κ1) is 11.3. The number of imidazole rings is 1. The van der Waals surface area contributed by atoms with Crippen LogP contribution >= 0.6 is 15.9 Å². The summed E-state index contributed by atoms with van der Waals surface area (Å²) in [5.41, 5.74) is 3.79. The van der Waals surface area contributed by atoms with Crippen LogP contribution in [0.15, 0.2) is 53.3 Å². The SMILES string of the molecule is O=c1[nH]c2ccc(C(Br)c3ccccc3)cc2[nH]1. The molecule has 2 N–H and O–H groups in total. The fraction of sp³-hybridized carbons (Fsp3) is 0.0714. The molecule has 90 valence electrons. The van der Waals surface area contributed by atoms with Gasteiger partial charge >= 0.3 is 5.69 Å². The van der Waals surface area contributed by atoms with Gasteiger partial charge in [-0.15, -0.1) is 0 Å². The summed E-state index contributed by atoms with van der Waals surface area (Å²) in [5, 5.41) is 0. The van der Waals surface area contributed by atoms with Crippen molar-refractivity contribution in [2.24, 2.45) is 0 Å². The molecular weight excluding hydrogens is 292 g/mol. The number of alkyl halides is 1.